The molecule has 1 N–H and O–H groups in total. The Morgan fingerprint density at radius 2 is 2.00 bits per heavy atom. The van der Waals surface area contributed by atoms with Gasteiger partial charge < -0.3 is 9.88 Å². The summed E-state index contributed by atoms with van der Waals surface area (Å²) in [7, 11) is 0. The van der Waals surface area contributed by atoms with Gasteiger partial charge in [-0.3, -0.25) is 0 Å². The van der Waals surface area contributed by atoms with Crippen LogP contribution in [-0.4, -0.2) is 21.4 Å². The average Bonchev–Trinajstić information content (AvgIpc) is 3.36. The van der Waals surface area contributed by atoms with Gasteiger partial charge in [-0.2, -0.15) is 0 Å². The highest BCUT2D eigenvalue weighted by Gasteiger charge is 2.41. The van der Waals surface area contributed by atoms with Crippen molar-refractivity contribution in [1.29, 1.82) is 0 Å². The van der Waals surface area contributed by atoms with Gasteiger partial charge in [-0.15, -0.1) is 0 Å². The minimum absolute atomic E-state index is 0.107. The molecule has 0 saturated carbocycles. The highest BCUT2D eigenvalue weighted by atomic mass is 15.3. The standard InChI is InChI=1S/C27H31N3/c1-18-8-5-9-21(16-18)22-10-6-11-23(17-22)30-15-7-14-27(30,4)26-28-24-13-12-19(2)20(3)25(24)29-26/h5-6,8-9,11-13,16-17,22H,7,10,14-15H2,1-4H3,(H,28,29)/t22?,27-/m0/s1. The van der Waals surface area contributed by atoms with E-state index in [1.807, 2.05) is 0 Å². The van der Waals surface area contributed by atoms with E-state index in [-0.39, 0.29) is 5.54 Å². The molecule has 2 aliphatic rings. The van der Waals surface area contributed by atoms with E-state index in [9.17, 15) is 0 Å². The number of nitrogens with one attached hydrogen (secondary N) is 1. The third-order valence-corrected chi connectivity index (χ3v) is 7.16. The van der Waals surface area contributed by atoms with Crippen LogP contribution in [0.5, 0.6) is 0 Å². The Kier molecular flexibility index (Phi) is 4.57. The molecule has 2 aromatic carbocycles. The number of hydrogen-bond donors (Lipinski definition) is 1. The Bertz CT molecular complexity index is 1170. The highest BCUT2D eigenvalue weighted by molar-refractivity contribution is 5.80. The van der Waals surface area contributed by atoms with Gasteiger partial charge in [-0.25, -0.2) is 4.98 Å². The number of benzene rings is 2. The Labute approximate surface area is 179 Å². The summed E-state index contributed by atoms with van der Waals surface area (Å²) in [6, 6.07) is 13.3. The number of aromatic nitrogens is 2. The van der Waals surface area contributed by atoms with E-state index in [4.69, 9.17) is 4.98 Å². The number of hydrogen-bond acceptors (Lipinski definition) is 2. The van der Waals surface area contributed by atoms with E-state index in [0.717, 1.165) is 36.2 Å². The molecule has 1 saturated heterocycles. The molecule has 5 rings (SSSR count). The fourth-order valence-corrected chi connectivity index (χ4v) is 5.17. The topological polar surface area (TPSA) is 31.9 Å². The molecule has 1 aliphatic heterocycles. The van der Waals surface area contributed by atoms with Gasteiger partial charge in [0.1, 0.15) is 5.82 Å². The van der Waals surface area contributed by atoms with Crippen LogP contribution in [-0.2, 0) is 5.54 Å². The van der Waals surface area contributed by atoms with Crippen LogP contribution in [0, 0.1) is 20.8 Å². The molecule has 3 heteroatoms. The zero-order valence-corrected chi connectivity index (χ0v) is 18.5. The number of allylic oxidation sites excluding steroid dienone is 3. The molecule has 1 fully saturated rings. The minimum Gasteiger partial charge on any atom is -0.359 e. The Balaban J connectivity index is 1.53. The van der Waals surface area contributed by atoms with Crippen molar-refractivity contribution in [1.82, 2.24) is 14.9 Å². The van der Waals surface area contributed by atoms with E-state index in [1.54, 1.807) is 0 Å². The lowest BCUT2D eigenvalue weighted by Gasteiger charge is -2.37. The molecule has 1 aliphatic carbocycles. The first kappa shape index (κ1) is 19.2. The van der Waals surface area contributed by atoms with Crippen LogP contribution in [0.4, 0.5) is 0 Å². The Hall–Kier alpha value is -2.81. The number of likely N-dealkylation sites (tertiary alicyclic amines) is 1. The van der Waals surface area contributed by atoms with Crippen molar-refractivity contribution in [3.8, 4) is 0 Å². The predicted molar refractivity (Wildman–Crippen MR) is 125 cm³/mol. The first-order chi connectivity index (χ1) is 14.5. The van der Waals surface area contributed by atoms with Gasteiger partial charge in [0.2, 0.25) is 0 Å². The van der Waals surface area contributed by atoms with Gasteiger partial charge in [-0.1, -0.05) is 48.0 Å². The first-order valence-electron chi connectivity index (χ1n) is 11.1. The van der Waals surface area contributed by atoms with Crippen LogP contribution >= 0.6 is 0 Å². The number of aryl methyl sites for hydroxylation is 3. The van der Waals surface area contributed by atoms with Gasteiger partial charge in [-0.05, 0) is 75.8 Å². The quantitative estimate of drug-likeness (QED) is 0.552. The third-order valence-electron chi connectivity index (χ3n) is 7.16. The lowest BCUT2D eigenvalue weighted by atomic mass is 9.89. The second-order valence-electron chi connectivity index (χ2n) is 9.27. The molecular weight excluding hydrogens is 366 g/mol. The number of imidazole rings is 1. The molecule has 3 aromatic rings. The second-order valence-corrected chi connectivity index (χ2v) is 9.27. The van der Waals surface area contributed by atoms with Crippen molar-refractivity contribution in [3.63, 3.8) is 0 Å². The second kappa shape index (κ2) is 7.16. The monoisotopic (exact) mass is 397 g/mol. The molecule has 0 radical (unpaired) electrons. The number of aromatic amines is 1. The van der Waals surface area contributed by atoms with Crippen molar-refractivity contribution in [3.05, 3.63) is 88.4 Å². The van der Waals surface area contributed by atoms with E-state index in [2.05, 4.69) is 92.2 Å². The van der Waals surface area contributed by atoms with Gasteiger partial charge in [0.25, 0.3) is 0 Å². The summed E-state index contributed by atoms with van der Waals surface area (Å²) in [4.78, 5) is 11.3. The van der Waals surface area contributed by atoms with Crippen LogP contribution in [0.2, 0.25) is 0 Å². The number of rotatable bonds is 3. The zero-order valence-electron chi connectivity index (χ0n) is 18.5. The first-order valence-corrected chi connectivity index (χ1v) is 11.1. The van der Waals surface area contributed by atoms with Crippen molar-refractivity contribution in [2.45, 2.75) is 58.4 Å². The van der Waals surface area contributed by atoms with E-state index in [0.29, 0.717) is 5.92 Å². The van der Waals surface area contributed by atoms with Crippen molar-refractivity contribution >= 4 is 11.0 Å². The van der Waals surface area contributed by atoms with Crippen LogP contribution in [0.1, 0.15) is 60.2 Å². The fourth-order valence-electron chi connectivity index (χ4n) is 5.17. The molecular formula is C27H31N3. The maximum atomic E-state index is 5.11. The summed E-state index contributed by atoms with van der Waals surface area (Å²) in [5.74, 6) is 1.53. The molecule has 30 heavy (non-hydrogen) atoms. The summed E-state index contributed by atoms with van der Waals surface area (Å²) in [6.07, 6.45) is 10.5. The summed E-state index contributed by atoms with van der Waals surface area (Å²) in [5, 5.41) is 0. The molecule has 0 amide bonds. The van der Waals surface area contributed by atoms with Crippen molar-refractivity contribution in [2.24, 2.45) is 0 Å². The molecule has 154 valence electrons. The Morgan fingerprint density at radius 3 is 2.83 bits per heavy atom. The molecule has 0 spiro atoms. The number of fused-ring (bicyclic) bond motifs is 1. The van der Waals surface area contributed by atoms with Gasteiger partial charge in [0.05, 0.1) is 16.6 Å². The summed E-state index contributed by atoms with van der Waals surface area (Å²) < 4.78 is 0. The minimum atomic E-state index is -0.107. The SMILES string of the molecule is Cc1cccc(C2C=C(N3CCC[C@@]3(C)c3nc4c(C)c(C)ccc4[nH]3)C=CC2)c1. The number of H-pyrrole nitrogens is 1. The zero-order chi connectivity index (χ0) is 20.9. The lowest BCUT2D eigenvalue weighted by Crippen LogP contribution is -2.39. The average molecular weight is 398 g/mol. The normalized spacial score (nSPS) is 23.9. The molecule has 1 unspecified atom stereocenters. The van der Waals surface area contributed by atoms with Crippen LogP contribution in [0.3, 0.4) is 0 Å². The molecule has 2 atom stereocenters. The van der Waals surface area contributed by atoms with Gasteiger partial charge in [0.15, 0.2) is 0 Å². The third kappa shape index (κ3) is 3.08. The molecule has 3 nitrogen and oxygen atoms in total. The largest absolute Gasteiger partial charge is 0.359 e. The smallest absolute Gasteiger partial charge is 0.132 e. The lowest BCUT2D eigenvalue weighted by molar-refractivity contribution is 0.200. The van der Waals surface area contributed by atoms with Gasteiger partial charge >= 0.3 is 0 Å². The maximum absolute atomic E-state index is 5.11. The van der Waals surface area contributed by atoms with Crippen molar-refractivity contribution < 1.29 is 0 Å². The molecule has 1 aromatic heterocycles. The van der Waals surface area contributed by atoms with Crippen LogP contribution in [0.15, 0.2) is 60.3 Å². The van der Waals surface area contributed by atoms with Gasteiger partial charge in [0, 0.05) is 18.2 Å². The summed E-state index contributed by atoms with van der Waals surface area (Å²) in [6.45, 7) is 9.94. The predicted octanol–water partition coefficient (Wildman–Crippen LogP) is 6.43. The summed E-state index contributed by atoms with van der Waals surface area (Å²) in [5.41, 5.74) is 8.80. The highest BCUT2D eigenvalue weighted by Crippen LogP contribution is 2.42. The molecule has 2 heterocycles. The van der Waals surface area contributed by atoms with E-state index >= 15 is 0 Å². The van der Waals surface area contributed by atoms with Crippen LogP contribution in [0.25, 0.3) is 11.0 Å². The summed E-state index contributed by atoms with van der Waals surface area (Å²) >= 11 is 0. The van der Waals surface area contributed by atoms with Crippen molar-refractivity contribution in [2.75, 3.05) is 6.54 Å². The number of nitrogens with zero attached hydrogens (tertiary/aromatic N) is 2. The fraction of sp³-hybridized carbons (Fsp3) is 0.370. The van der Waals surface area contributed by atoms with E-state index in [1.165, 1.54) is 34.4 Å². The molecule has 0 bridgehead atoms. The Morgan fingerprint density at radius 1 is 1.13 bits per heavy atom. The maximum Gasteiger partial charge on any atom is 0.132 e. The van der Waals surface area contributed by atoms with E-state index < -0.39 is 0 Å². The van der Waals surface area contributed by atoms with Crippen LogP contribution < -0.4 is 0 Å².